The number of hydrogen-bond donors (Lipinski definition) is 3. The first-order valence-electron chi connectivity index (χ1n) is 8.32. The summed E-state index contributed by atoms with van der Waals surface area (Å²) in [4.78, 5) is 23.9. The maximum atomic E-state index is 12.0. The number of carbonyl (C=O) groups is 2. The predicted octanol–water partition coefficient (Wildman–Crippen LogP) is 0.635. The summed E-state index contributed by atoms with van der Waals surface area (Å²) in [5, 5.41) is 5.25. The Balaban J connectivity index is 0.00000676. The molecule has 1 aromatic carbocycles. The number of nitrogens with zero attached hydrogens (tertiary/aromatic N) is 1. The maximum Gasteiger partial charge on any atom is 0.242 e. The quantitative estimate of drug-likeness (QED) is 0.569. The average molecular weight is 421 g/mol. The van der Waals surface area contributed by atoms with Gasteiger partial charge in [0.15, 0.2) is 0 Å². The van der Waals surface area contributed by atoms with Crippen LogP contribution in [0.3, 0.4) is 0 Å². The zero-order valence-electron chi connectivity index (χ0n) is 16.2. The van der Waals surface area contributed by atoms with E-state index in [1.807, 2.05) is 13.8 Å². The Morgan fingerprint density at radius 3 is 2.07 bits per heavy atom. The second-order valence-electron chi connectivity index (χ2n) is 6.63. The smallest absolute Gasteiger partial charge is 0.242 e. The van der Waals surface area contributed by atoms with E-state index < -0.39 is 16.1 Å². The van der Waals surface area contributed by atoms with Crippen LogP contribution in [0.15, 0.2) is 29.2 Å². The number of halogens is 1. The topological polar surface area (TPSA) is 122 Å². The first kappa shape index (κ1) is 25.3. The van der Waals surface area contributed by atoms with Crippen molar-refractivity contribution < 1.29 is 18.0 Å². The van der Waals surface area contributed by atoms with Crippen molar-refractivity contribution in [1.82, 2.24) is 14.9 Å². The molecule has 2 atom stereocenters. The maximum absolute atomic E-state index is 12.0. The van der Waals surface area contributed by atoms with Crippen LogP contribution in [-0.2, 0) is 19.6 Å². The molecule has 0 aliphatic carbocycles. The van der Waals surface area contributed by atoms with Crippen LogP contribution in [0, 0.1) is 5.92 Å². The minimum atomic E-state index is -3.49. The van der Waals surface area contributed by atoms with Gasteiger partial charge in [0.25, 0.3) is 0 Å². The van der Waals surface area contributed by atoms with Crippen LogP contribution in [0.25, 0.3) is 0 Å². The van der Waals surface area contributed by atoms with Gasteiger partial charge in [0.2, 0.25) is 21.8 Å². The molecule has 0 radical (unpaired) electrons. The molecule has 8 nitrogen and oxygen atoms in total. The van der Waals surface area contributed by atoms with Crippen LogP contribution in [0.1, 0.15) is 32.4 Å². The summed E-state index contributed by atoms with van der Waals surface area (Å²) in [5.74, 6) is -0.748. The van der Waals surface area contributed by atoms with E-state index in [9.17, 15) is 18.0 Å². The number of nitrogens with one attached hydrogen (secondary N) is 2. The van der Waals surface area contributed by atoms with Gasteiger partial charge in [-0.05, 0) is 30.5 Å². The lowest BCUT2D eigenvalue weighted by Crippen LogP contribution is -2.47. The highest BCUT2D eigenvalue weighted by Gasteiger charge is 2.19. The van der Waals surface area contributed by atoms with Gasteiger partial charge in [-0.15, -0.1) is 12.4 Å². The zero-order chi connectivity index (χ0) is 20.1. The molecule has 0 bridgehead atoms. The molecule has 0 saturated heterocycles. The number of nitrogens with two attached hydrogens (primary N) is 1. The van der Waals surface area contributed by atoms with Gasteiger partial charge >= 0.3 is 0 Å². The summed E-state index contributed by atoms with van der Waals surface area (Å²) in [5.41, 5.74) is 6.46. The van der Waals surface area contributed by atoms with E-state index in [0.717, 1.165) is 9.87 Å². The fraction of sp³-hybridized carbons (Fsp3) is 0.529. The minimum absolute atomic E-state index is 0. The lowest BCUT2D eigenvalue weighted by Gasteiger charge is -2.18. The molecule has 1 aromatic rings. The van der Waals surface area contributed by atoms with Crippen LogP contribution in [0.2, 0.25) is 0 Å². The number of carbonyl (C=O) groups excluding carboxylic acids is 2. The highest BCUT2D eigenvalue weighted by Crippen LogP contribution is 2.18. The molecular formula is C17H29ClN4O4S. The fourth-order valence-electron chi connectivity index (χ4n) is 2.10. The fourth-order valence-corrected chi connectivity index (χ4v) is 3.00. The van der Waals surface area contributed by atoms with Gasteiger partial charge in [-0.25, -0.2) is 12.7 Å². The highest BCUT2D eigenvalue weighted by atomic mass is 35.5. The summed E-state index contributed by atoms with van der Waals surface area (Å²) < 4.78 is 25.2. The Morgan fingerprint density at radius 1 is 1.11 bits per heavy atom. The molecular weight excluding hydrogens is 392 g/mol. The van der Waals surface area contributed by atoms with E-state index in [2.05, 4.69) is 10.6 Å². The molecule has 2 amide bonds. The number of rotatable bonds is 8. The third-order valence-electron chi connectivity index (χ3n) is 3.98. The first-order valence-corrected chi connectivity index (χ1v) is 9.76. The van der Waals surface area contributed by atoms with Crippen molar-refractivity contribution in [2.24, 2.45) is 11.7 Å². The summed E-state index contributed by atoms with van der Waals surface area (Å²) in [6.07, 6.45) is 0. The third-order valence-corrected chi connectivity index (χ3v) is 5.81. The summed E-state index contributed by atoms with van der Waals surface area (Å²) >= 11 is 0. The molecule has 0 aromatic heterocycles. The summed E-state index contributed by atoms with van der Waals surface area (Å²) in [6.45, 7) is 5.25. The van der Waals surface area contributed by atoms with E-state index in [-0.39, 0.29) is 47.6 Å². The summed E-state index contributed by atoms with van der Waals surface area (Å²) in [6, 6.07) is 5.29. The standard InChI is InChI=1S/C17H28N4O4S.ClH/c1-11(2)16(18)17(23)19-10-15(22)20-12(3)13-6-8-14(9-7-13)26(24,25)21(4)5;/h6-9,11-12,16H,10,18H2,1-5H3,(H,19,23)(H,20,22);1H/t12?,16-;/m0./s1. The van der Waals surface area contributed by atoms with Gasteiger partial charge < -0.3 is 16.4 Å². The first-order chi connectivity index (χ1) is 12.0. The Kier molecular flexibility index (Phi) is 9.94. The second kappa shape index (κ2) is 10.6. The van der Waals surface area contributed by atoms with Crippen LogP contribution in [0.4, 0.5) is 0 Å². The van der Waals surface area contributed by atoms with Crippen LogP contribution >= 0.6 is 12.4 Å². The van der Waals surface area contributed by atoms with Crippen molar-refractivity contribution in [2.45, 2.75) is 37.8 Å². The highest BCUT2D eigenvalue weighted by molar-refractivity contribution is 7.89. The number of hydrogen-bond acceptors (Lipinski definition) is 5. The van der Waals surface area contributed by atoms with Crippen molar-refractivity contribution in [2.75, 3.05) is 20.6 Å². The van der Waals surface area contributed by atoms with E-state index in [1.54, 1.807) is 19.1 Å². The molecule has 1 rings (SSSR count). The van der Waals surface area contributed by atoms with Crippen LogP contribution in [-0.4, -0.2) is 51.2 Å². The van der Waals surface area contributed by atoms with Gasteiger partial charge in [0, 0.05) is 14.1 Å². The molecule has 154 valence electrons. The van der Waals surface area contributed by atoms with Gasteiger partial charge in [-0.3, -0.25) is 9.59 Å². The van der Waals surface area contributed by atoms with E-state index >= 15 is 0 Å². The van der Waals surface area contributed by atoms with Crippen LogP contribution < -0.4 is 16.4 Å². The Bertz CT molecular complexity index is 736. The number of amides is 2. The average Bonchev–Trinajstić information content (AvgIpc) is 2.58. The van der Waals surface area contributed by atoms with Crippen molar-refractivity contribution in [1.29, 1.82) is 0 Å². The monoisotopic (exact) mass is 420 g/mol. The Morgan fingerprint density at radius 2 is 1.63 bits per heavy atom. The largest absolute Gasteiger partial charge is 0.348 e. The molecule has 0 fully saturated rings. The minimum Gasteiger partial charge on any atom is -0.348 e. The molecule has 10 heteroatoms. The Labute approximate surface area is 167 Å². The van der Waals surface area contributed by atoms with Gasteiger partial charge in [-0.1, -0.05) is 26.0 Å². The van der Waals surface area contributed by atoms with Crippen molar-refractivity contribution in [3.8, 4) is 0 Å². The predicted molar refractivity (Wildman–Crippen MR) is 107 cm³/mol. The molecule has 0 aliphatic rings. The lowest BCUT2D eigenvalue weighted by atomic mass is 10.1. The normalized spacial score (nSPS) is 13.6. The van der Waals surface area contributed by atoms with Crippen molar-refractivity contribution >= 4 is 34.2 Å². The third kappa shape index (κ3) is 7.10. The molecule has 0 saturated carbocycles. The van der Waals surface area contributed by atoms with Crippen LogP contribution in [0.5, 0.6) is 0 Å². The van der Waals surface area contributed by atoms with Gasteiger partial charge in [0.05, 0.1) is 23.5 Å². The number of benzene rings is 1. The molecule has 4 N–H and O–H groups in total. The van der Waals surface area contributed by atoms with Gasteiger partial charge in [-0.2, -0.15) is 0 Å². The van der Waals surface area contributed by atoms with E-state index in [1.165, 1.54) is 26.2 Å². The molecule has 0 heterocycles. The molecule has 0 aliphatic heterocycles. The second-order valence-corrected chi connectivity index (χ2v) is 8.79. The zero-order valence-corrected chi connectivity index (χ0v) is 17.9. The molecule has 1 unspecified atom stereocenters. The van der Waals surface area contributed by atoms with Crippen molar-refractivity contribution in [3.05, 3.63) is 29.8 Å². The Hall–Kier alpha value is -1.68. The van der Waals surface area contributed by atoms with Crippen molar-refractivity contribution in [3.63, 3.8) is 0 Å². The SMILES string of the molecule is CC(NC(=O)CNC(=O)[C@@H](N)C(C)C)c1ccc(S(=O)(=O)N(C)C)cc1.Cl. The molecule has 27 heavy (non-hydrogen) atoms. The summed E-state index contributed by atoms with van der Waals surface area (Å²) in [7, 11) is -0.561. The van der Waals surface area contributed by atoms with E-state index in [4.69, 9.17) is 5.73 Å². The van der Waals surface area contributed by atoms with E-state index in [0.29, 0.717) is 0 Å². The van der Waals surface area contributed by atoms with Gasteiger partial charge in [0.1, 0.15) is 0 Å². The molecule has 0 spiro atoms. The lowest BCUT2D eigenvalue weighted by molar-refractivity contribution is -0.127. The number of sulfonamides is 1.